The largest absolute Gasteiger partial charge is 0.465 e. The van der Waals surface area contributed by atoms with Crippen LogP contribution < -0.4 is 5.32 Å². The second-order valence-electron chi connectivity index (χ2n) is 6.52. The van der Waals surface area contributed by atoms with E-state index in [1.165, 1.54) is 13.2 Å². The lowest BCUT2D eigenvalue weighted by Crippen LogP contribution is -2.05. The van der Waals surface area contributed by atoms with Crippen LogP contribution in [0.5, 0.6) is 0 Å². The van der Waals surface area contributed by atoms with Gasteiger partial charge >= 0.3 is 5.97 Å². The number of ether oxygens (including phenoxy) is 1. The van der Waals surface area contributed by atoms with E-state index in [0.29, 0.717) is 40.3 Å². The van der Waals surface area contributed by atoms with Crippen molar-refractivity contribution in [2.24, 2.45) is 0 Å². The van der Waals surface area contributed by atoms with Crippen molar-refractivity contribution in [3.63, 3.8) is 0 Å². The van der Waals surface area contributed by atoms with Gasteiger partial charge in [0, 0.05) is 18.2 Å². The summed E-state index contributed by atoms with van der Waals surface area (Å²) >= 11 is 0. The molecule has 1 N–H and O–H groups in total. The highest BCUT2D eigenvalue weighted by molar-refractivity contribution is 5.89. The van der Waals surface area contributed by atoms with Gasteiger partial charge in [0.05, 0.1) is 17.6 Å². The van der Waals surface area contributed by atoms with E-state index in [4.69, 9.17) is 9.15 Å². The highest BCUT2D eigenvalue weighted by atomic mass is 16.6. The molecular weight excluding hydrogens is 386 g/mol. The van der Waals surface area contributed by atoms with Gasteiger partial charge in [0.15, 0.2) is 5.58 Å². The van der Waals surface area contributed by atoms with Crippen LogP contribution in [0.25, 0.3) is 22.6 Å². The van der Waals surface area contributed by atoms with Crippen molar-refractivity contribution in [3.8, 4) is 11.5 Å². The molecule has 0 radical (unpaired) electrons. The number of methoxy groups -OCH3 is 1. The molecular formula is C22H17N3O5. The van der Waals surface area contributed by atoms with Crippen molar-refractivity contribution in [2.75, 3.05) is 12.4 Å². The Bertz CT molecular complexity index is 1220. The van der Waals surface area contributed by atoms with Crippen molar-refractivity contribution in [1.82, 2.24) is 4.98 Å². The molecule has 0 saturated carbocycles. The van der Waals surface area contributed by atoms with E-state index in [0.717, 1.165) is 5.56 Å². The molecule has 0 fully saturated rings. The average Bonchev–Trinajstić information content (AvgIpc) is 3.21. The number of nitro benzene ring substituents is 1. The molecule has 0 aliphatic carbocycles. The number of rotatable bonds is 6. The smallest absolute Gasteiger partial charge is 0.337 e. The van der Waals surface area contributed by atoms with Gasteiger partial charge in [-0.1, -0.05) is 24.3 Å². The van der Waals surface area contributed by atoms with E-state index in [9.17, 15) is 14.9 Å². The SMILES string of the molecule is COC(=O)c1cccc(CNc2ccc(-c3nc4ccccc4o3)cc2[N+](=O)[O-])c1. The number of hydrogen-bond acceptors (Lipinski definition) is 7. The molecule has 1 aromatic heterocycles. The number of hydrogen-bond donors (Lipinski definition) is 1. The van der Waals surface area contributed by atoms with Gasteiger partial charge in [-0.3, -0.25) is 10.1 Å². The van der Waals surface area contributed by atoms with Crippen molar-refractivity contribution in [1.29, 1.82) is 0 Å². The van der Waals surface area contributed by atoms with E-state index in [1.807, 2.05) is 24.3 Å². The highest BCUT2D eigenvalue weighted by Gasteiger charge is 2.18. The Morgan fingerprint density at radius 1 is 1.13 bits per heavy atom. The number of nitro groups is 1. The van der Waals surface area contributed by atoms with Crippen molar-refractivity contribution in [3.05, 3.63) is 88.0 Å². The van der Waals surface area contributed by atoms with Gasteiger partial charge in [-0.2, -0.15) is 0 Å². The second-order valence-corrected chi connectivity index (χ2v) is 6.52. The monoisotopic (exact) mass is 403 g/mol. The first-order chi connectivity index (χ1) is 14.5. The van der Waals surface area contributed by atoms with Crippen LogP contribution in [-0.4, -0.2) is 23.0 Å². The molecule has 4 rings (SSSR count). The fraction of sp³-hybridized carbons (Fsp3) is 0.0909. The molecule has 4 aromatic rings. The molecule has 0 aliphatic rings. The quantitative estimate of drug-likeness (QED) is 0.280. The lowest BCUT2D eigenvalue weighted by molar-refractivity contribution is -0.383. The maximum atomic E-state index is 11.7. The first-order valence-corrected chi connectivity index (χ1v) is 9.10. The number of carbonyl (C=O) groups excluding carboxylic acids is 1. The summed E-state index contributed by atoms with van der Waals surface area (Å²) < 4.78 is 10.4. The zero-order valence-corrected chi connectivity index (χ0v) is 16.0. The number of nitrogens with one attached hydrogen (secondary N) is 1. The van der Waals surface area contributed by atoms with Gasteiger partial charge in [0.2, 0.25) is 5.89 Å². The van der Waals surface area contributed by atoms with Crippen LogP contribution in [0.3, 0.4) is 0 Å². The molecule has 0 atom stereocenters. The number of anilines is 1. The molecule has 8 heteroatoms. The van der Waals surface area contributed by atoms with E-state index in [-0.39, 0.29) is 5.69 Å². The molecule has 30 heavy (non-hydrogen) atoms. The number of carbonyl (C=O) groups is 1. The summed E-state index contributed by atoms with van der Waals surface area (Å²) in [6.07, 6.45) is 0. The molecule has 0 aliphatic heterocycles. The third-order valence-electron chi connectivity index (χ3n) is 4.57. The first-order valence-electron chi connectivity index (χ1n) is 9.10. The fourth-order valence-corrected chi connectivity index (χ4v) is 3.08. The average molecular weight is 403 g/mol. The lowest BCUT2D eigenvalue weighted by atomic mass is 10.1. The second kappa shape index (κ2) is 8.04. The van der Waals surface area contributed by atoms with Crippen molar-refractivity contribution < 1.29 is 18.9 Å². The van der Waals surface area contributed by atoms with Crippen molar-refractivity contribution in [2.45, 2.75) is 6.54 Å². The van der Waals surface area contributed by atoms with E-state index >= 15 is 0 Å². The minimum atomic E-state index is -0.459. The molecule has 0 bridgehead atoms. The number of oxazole rings is 1. The highest BCUT2D eigenvalue weighted by Crippen LogP contribution is 2.32. The van der Waals surface area contributed by atoms with E-state index < -0.39 is 10.9 Å². The molecule has 150 valence electrons. The number of aromatic nitrogens is 1. The summed E-state index contributed by atoms with van der Waals surface area (Å²) in [4.78, 5) is 27.2. The van der Waals surface area contributed by atoms with Crippen LogP contribution in [0.1, 0.15) is 15.9 Å². The molecule has 0 spiro atoms. The van der Waals surface area contributed by atoms with Crippen LogP contribution in [0.2, 0.25) is 0 Å². The predicted molar refractivity (Wildman–Crippen MR) is 111 cm³/mol. The normalized spacial score (nSPS) is 10.7. The van der Waals surface area contributed by atoms with E-state index in [1.54, 1.807) is 36.4 Å². The van der Waals surface area contributed by atoms with Gasteiger partial charge in [-0.25, -0.2) is 9.78 Å². The summed E-state index contributed by atoms with van der Waals surface area (Å²) in [5, 5.41) is 14.7. The summed E-state index contributed by atoms with van der Waals surface area (Å²) in [6.45, 7) is 0.300. The summed E-state index contributed by atoms with van der Waals surface area (Å²) in [5.74, 6) is -0.123. The van der Waals surface area contributed by atoms with Crippen molar-refractivity contribution >= 4 is 28.4 Å². The van der Waals surface area contributed by atoms with Crippen LogP contribution in [-0.2, 0) is 11.3 Å². The Labute approximate surface area is 171 Å². The van der Waals surface area contributed by atoms with Gasteiger partial charge in [-0.15, -0.1) is 0 Å². The third-order valence-corrected chi connectivity index (χ3v) is 4.57. The fourth-order valence-electron chi connectivity index (χ4n) is 3.08. The van der Waals surface area contributed by atoms with Gasteiger partial charge in [-0.05, 0) is 42.0 Å². The standard InChI is InChI=1S/C22H17N3O5/c1-29-22(26)16-6-4-5-14(11-16)13-23-17-10-9-15(12-19(17)25(27)28)21-24-18-7-2-3-8-20(18)30-21/h2-12,23H,13H2,1H3. The van der Waals surface area contributed by atoms with Crippen LogP contribution in [0.15, 0.2) is 71.1 Å². The Morgan fingerprint density at radius 3 is 2.73 bits per heavy atom. The number of esters is 1. The summed E-state index contributed by atoms with van der Waals surface area (Å²) in [7, 11) is 1.31. The summed E-state index contributed by atoms with van der Waals surface area (Å²) in [6, 6.07) is 18.9. The Balaban J connectivity index is 1.60. The minimum Gasteiger partial charge on any atom is -0.465 e. The molecule has 0 saturated heterocycles. The number of para-hydroxylation sites is 2. The zero-order chi connectivity index (χ0) is 21.1. The maximum Gasteiger partial charge on any atom is 0.337 e. The van der Waals surface area contributed by atoms with E-state index in [2.05, 4.69) is 10.3 Å². The number of nitrogens with zero attached hydrogens (tertiary/aromatic N) is 2. The molecule has 1 heterocycles. The number of benzene rings is 3. The predicted octanol–water partition coefficient (Wildman–Crippen LogP) is 4.80. The van der Waals surface area contributed by atoms with Gasteiger partial charge in [0.1, 0.15) is 11.2 Å². The molecule has 0 unspecified atom stereocenters. The zero-order valence-electron chi connectivity index (χ0n) is 16.0. The van der Waals surface area contributed by atoms with Gasteiger partial charge < -0.3 is 14.5 Å². The molecule has 8 nitrogen and oxygen atoms in total. The molecule has 0 amide bonds. The van der Waals surface area contributed by atoms with Crippen LogP contribution >= 0.6 is 0 Å². The Morgan fingerprint density at radius 2 is 1.97 bits per heavy atom. The topological polar surface area (TPSA) is 108 Å². The first kappa shape index (κ1) is 19.1. The molecule has 3 aromatic carbocycles. The maximum absolute atomic E-state index is 11.7. The summed E-state index contributed by atoms with van der Waals surface area (Å²) in [5.41, 5.74) is 3.26. The lowest BCUT2D eigenvalue weighted by Gasteiger charge is -2.09. The number of fused-ring (bicyclic) bond motifs is 1. The van der Waals surface area contributed by atoms with Crippen LogP contribution in [0, 0.1) is 10.1 Å². The Kier molecular flexibility index (Phi) is 5.13. The Hall–Kier alpha value is -4.20. The minimum absolute atomic E-state index is 0.0983. The van der Waals surface area contributed by atoms with Gasteiger partial charge in [0.25, 0.3) is 5.69 Å². The third kappa shape index (κ3) is 3.83. The van der Waals surface area contributed by atoms with Crippen LogP contribution in [0.4, 0.5) is 11.4 Å².